The van der Waals surface area contributed by atoms with Gasteiger partial charge in [-0.25, -0.2) is 0 Å². The summed E-state index contributed by atoms with van der Waals surface area (Å²) in [6.45, 7) is 1.68. The minimum Gasteiger partial charge on any atom is -0.384 e. The van der Waals surface area contributed by atoms with Gasteiger partial charge in [0.05, 0.1) is 4.92 Å². The van der Waals surface area contributed by atoms with E-state index in [4.69, 9.17) is 0 Å². The first kappa shape index (κ1) is 14.2. The number of hydrogen-bond acceptors (Lipinski definition) is 3. The second-order valence-electron chi connectivity index (χ2n) is 5.27. The molecule has 3 aromatic carbocycles. The van der Waals surface area contributed by atoms with E-state index in [-0.39, 0.29) is 5.69 Å². The van der Waals surface area contributed by atoms with Crippen molar-refractivity contribution in [3.63, 3.8) is 0 Å². The number of aryl methyl sites for hydroxylation is 1. The summed E-state index contributed by atoms with van der Waals surface area (Å²) in [5.74, 6) is 0. The fraction of sp³-hybridized carbons (Fsp3) is 0.111. The maximum atomic E-state index is 10.9. The van der Waals surface area contributed by atoms with Crippen molar-refractivity contribution in [2.24, 2.45) is 0 Å². The molecule has 0 aromatic heterocycles. The summed E-state index contributed by atoms with van der Waals surface area (Å²) in [5.41, 5.74) is 2.06. The van der Waals surface area contributed by atoms with Crippen molar-refractivity contribution in [1.82, 2.24) is 0 Å². The molecule has 0 saturated heterocycles. The number of nitro groups is 1. The topological polar surface area (TPSA) is 63.4 Å². The second-order valence-corrected chi connectivity index (χ2v) is 5.27. The number of rotatable bonds is 3. The van der Waals surface area contributed by atoms with Gasteiger partial charge in [0.15, 0.2) is 0 Å². The number of aliphatic hydroxyl groups excluding tert-OH is 1. The van der Waals surface area contributed by atoms with E-state index < -0.39 is 11.0 Å². The smallest absolute Gasteiger partial charge is 0.272 e. The molecule has 0 aliphatic rings. The number of nitrogens with zero attached hydrogens (tertiary/aromatic N) is 1. The fourth-order valence-corrected chi connectivity index (χ4v) is 2.72. The van der Waals surface area contributed by atoms with E-state index in [9.17, 15) is 15.2 Å². The number of benzene rings is 3. The molecule has 0 spiro atoms. The minimum atomic E-state index is -0.814. The molecule has 0 aliphatic carbocycles. The van der Waals surface area contributed by atoms with E-state index >= 15 is 0 Å². The molecule has 4 heteroatoms. The lowest BCUT2D eigenvalue weighted by molar-refractivity contribution is -0.385. The summed E-state index contributed by atoms with van der Waals surface area (Å²) >= 11 is 0. The van der Waals surface area contributed by atoms with Crippen LogP contribution in [0.3, 0.4) is 0 Å². The Morgan fingerprint density at radius 1 is 1.05 bits per heavy atom. The van der Waals surface area contributed by atoms with Crippen LogP contribution in [0.4, 0.5) is 5.69 Å². The van der Waals surface area contributed by atoms with Gasteiger partial charge in [-0.2, -0.15) is 0 Å². The van der Waals surface area contributed by atoms with Gasteiger partial charge in [-0.15, -0.1) is 0 Å². The molecule has 0 unspecified atom stereocenters. The van der Waals surface area contributed by atoms with Gasteiger partial charge in [0.1, 0.15) is 6.10 Å². The van der Waals surface area contributed by atoms with Gasteiger partial charge in [0.2, 0.25) is 0 Å². The van der Waals surface area contributed by atoms with Crippen LogP contribution in [-0.4, -0.2) is 10.0 Å². The van der Waals surface area contributed by atoms with Gasteiger partial charge in [0.25, 0.3) is 5.69 Å². The van der Waals surface area contributed by atoms with Crippen LogP contribution >= 0.6 is 0 Å². The van der Waals surface area contributed by atoms with E-state index in [0.29, 0.717) is 11.1 Å². The Bertz CT molecular complexity index is 853. The van der Waals surface area contributed by atoms with Crippen LogP contribution in [0.25, 0.3) is 10.8 Å². The molecule has 0 radical (unpaired) electrons. The van der Waals surface area contributed by atoms with Crippen LogP contribution in [0.1, 0.15) is 22.8 Å². The summed E-state index contributed by atoms with van der Waals surface area (Å²) in [6.07, 6.45) is -0.814. The molecule has 4 nitrogen and oxygen atoms in total. The maximum absolute atomic E-state index is 10.9. The Kier molecular flexibility index (Phi) is 3.61. The van der Waals surface area contributed by atoms with Gasteiger partial charge in [0, 0.05) is 11.6 Å². The van der Waals surface area contributed by atoms with Crippen molar-refractivity contribution in [3.8, 4) is 0 Å². The van der Waals surface area contributed by atoms with Gasteiger partial charge >= 0.3 is 0 Å². The quantitative estimate of drug-likeness (QED) is 0.583. The van der Waals surface area contributed by atoms with Crippen molar-refractivity contribution in [3.05, 3.63) is 87.5 Å². The molecule has 0 fully saturated rings. The summed E-state index contributed by atoms with van der Waals surface area (Å²) in [7, 11) is 0. The molecule has 3 rings (SSSR count). The lowest BCUT2D eigenvalue weighted by atomic mass is 9.95. The molecular formula is C18H15NO3. The number of aliphatic hydroxyl groups is 1. The molecule has 1 N–H and O–H groups in total. The molecule has 0 amide bonds. The molecule has 22 heavy (non-hydrogen) atoms. The molecule has 0 bridgehead atoms. The first-order valence-corrected chi connectivity index (χ1v) is 6.98. The Labute approximate surface area is 127 Å². The highest BCUT2D eigenvalue weighted by atomic mass is 16.6. The first-order valence-electron chi connectivity index (χ1n) is 6.98. The van der Waals surface area contributed by atoms with Crippen molar-refractivity contribution in [1.29, 1.82) is 0 Å². The highest BCUT2D eigenvalue weighted by Crippen LogP contribution is 2.31. The third-order valence-corrected chi connectivity index (χ3v) is 3.85. The first-order chi connectivity index (χ1) is 10.6. The van der Waals surface area contributed by atoms with Crippen molar-refractivity contribution >= 4 is 16.5 Å². The van der Waals surface area contributed by atoms with Crippen LogP contribution in [0.5, 0.6) is 0 Å². The Hall–Kier alpha value is -2.72. The van der Waals surface area contributed by atoms with Gasteiger partial charge < -0.3 is 5.11 Å². The van der Waals surface area contributed by atoms with Crippen LogP contribution in [-0.2, 0) is 0 Å². The SMILES string of the molecule is Cc1cc([C@@H](O)c2cccc3ccccc23)ccc1[N+](=O)[O-]. The van der Waals surface area contributed by atoms with Crippen LogP contribution in [0.2, 0.25) is 0 Å². The maximum Gasteiger partial charge on any atom is 0.272 e. The normalized spacial score (nSPS) is 12.3. The van der Waals surface area contributed by atoms with E-state index in [1.807, 2.05) is 42.5 Å². The zero-order chi connectivity index (χ0) is 15.7. The number of nitro benzene ring substituents is 1. The van der Waals surface area contributed by atoms with E-state index in [0.717, 1.165) is 16.3 Å². The molecule has 0 saturated carbocycles. The van der Waals surface area contributed by atoms with Crippen LogP contribution < -0.4 is 0 Å². The summed E-state index contributed by atoms with van der Waals surface area (Å²) in [6, 6.07) is 18.3. The van der Waals surface area contributed by atoms with Gasteiger partial charge in [-0.05, 0) is 41.0 Å². The zero-order valence-corrected chi connectivity index (χ0v) is 12.1. The summed E-state index contributed by atoms with van der Waals surface area (Å²) in [4.78, 5) is 10.5. The average molecular weight is 293 g/mol. The Morgan fingerprint density at radius 2 is 1.77 bits per heavy atom. The highest BCUT2D eigenvalue weighted by molar-refractivity contribution is 5.86. The van der Waals surface area contributed by atoms with Crippen molar-refractivity contribution < 1.29 is 10.0 Å². The van der Waals surface area contributed by atoms with Crippen molar-refractivity contribution in [2.75, 3.05) is 0 Å². The molecule has 0 aliphatic heterocycles. The number of fused-ring (bicyclic) bond motifs is 1. The lowest BCUT2D eigenvalue weighted by Crippen LogP contribution is -2.02. The standard InChI is InChI=1S/C18H15NO3/c1-12-11-14(9-10-17(12)19(21)22)18(20)16-8-4-6-13-5-2-3-7-15(13)16/h2-11,18,20H,1H3/t18-/m1/s1. The number of hydrogen-bond donors (Lipinski definition) is 1. The lowest BCUT2D eigenvalue weighted by Gasteiger charge is -2.15. The van der Waals surface area contributed by atoms with E-state index in [1.54, 1.807) is 19.1 Å². The van der Waals surface area contributed by atoms with Gasteiger partial charge in [-0.1, -0.05) is 42.5 Å². The molecule has 0 heterocycles. The Morgan fingerprint density at radius 3 is 2.50 bits per heavy atom. The molecular weight excluding hydrogens is 278 g/mol. The predicted octanol–water partition coefficient (Wildman–Crippen LogP) is 4.14. The van der Waals surface area contributed by atoms with Crippen molar-refractivity contribution in [2.45, 2.75) is 13.0 Å². The predicted molar refractivity (Wildman–Crippen MR) is 85.8 cm³/mol. The molecule has 3 aromatic rings. The molecule has 1 atom stereocenters. The van der Waals surface area contributed by atoms with E-state index in [1.165, 1.54) is 6.07 Å². The largest absolute Gasteiger partial charge is 0.384 e. The summed E-state index contributed by atoms with van der Waals surface area (Å²) < 4.78 is 0. The second kappa shape index (κ2) is 5.58. The highest BCUT2D eigenvalue weighted by Gasteiger charge is 2.17. The Balaban J connectivity index is 2.08. The van der Waals surface area contributed by atoms with Crippen LogP contribution in [0, 0.1) is 17.0 Å². The third kappa shape index (κ3) is 2.44. The average Bonchev–Trinajstić information content (AvgIpc) is 2.53. The summed E-state index contributed by atoms with van der Waals surface area (Å²) in [5, 5.41) is 23.6. The third-order valence-electron chi connectivity index (χ3n) is 3.85. The zero-order valence-electron chi connectivity index (χ0n) is 12.1. The minimum absolute atomic E-state index is 0.0638. The monoisotopic (exact) mass is 293 g/mol. The van der Waals surface area contributed by atoms with E-state index in [2.05, 4.69) is 0 Å². The fourth-order valence-electron chi connectivity index (χ4n) is 2.72. The van der Waals surface area contributed by atoms with Crippen LogP contribution in [0.15, 0.2) is 60.7 Å². The molecule has 110 valence electrons. The van der Waals surface area contributed by atoms with Gasteiger partial charge in [-0.3, -0.25) is 10.1 Å².